The largest absolute Gasteiger partial charge is 0.394 e. The van der Waals surface area contributed by atoms with Gasteiger partial charge in [-0.05, 0) is 44.7 Å². The first-order chi connectivity index (χ1) is 26.2. The lowest BCUT2D eigenvalue weighted by Gasteiger charge is -2.46. The molecule has 318 valence electrons. The van der Waals surface area contributed by atoms with E-state index in [0.717, 1.165) is 19.4 Å². The van der Waals surface area contributed by atoms with Crippen LogP contribution in [-0.4, -0.2) is 205 Å². The van der Waals surface area contributed by atoms with Gasteiger partial charge in [-0.15, -0.1) is 0 Å². The van der Waals surface area contributed by atoms with Crippen LogP contribution in [0.4, 0.5) is 0 Å². The summed E-state index contributed by atoms with van der Waals surface area (Å²) in [6.07, 6.45) is -21.8. The van der Waals surface area contributed by atoms with Gasteiger partial charge in [0.1, 0.15) is 73.2 Å². The SMILES string of the molecule is CCCCNCC(CCCC(=O)N1C(=O)CCC1=O)CCO[C@H]1O[C@H](CO[C@H]2O[C@H](CO)[C@@H](O)[C@H](O)[C@@H]2O)[C@@H](O)[C@H](O[C@H]2O[C@H](CO)[C@@H](O)[C@H](O)[C@@H]2O)[C@@H]1O. The molecule has 0 aliphatic carbocycles. The predicted octanol–water partition coefficient (Wildman–Crippen LogP) is -5.31. The highest BCUT2D eigenvalue weighted by molar-refractivity contribution is 6.14. The molecule has 0 aromatic heterocycles. The van der Waals surface area contributed by atoms with Crippen molar-refractivity contribution in [3.05, 3.63) is 0 Å². The maximum atomic E-state index is 12.6. The van der Waals surface area contributed by atoms with Gasteiger partial charge in [-0.1, -0.05) is 13.3 Å². The topological polar surface area (TPSA) is 324 Å². The molecule has 4 fully saturated rings. The number of nitrogens with zero attached hydrogens (tertiary/aromatic N) is 1. The molecule has 55 heavy (non-hydrogen) atoms. The summed E-state index contributed by atoms with van der Waals surface area (Å²) in [6, 6.07) is 0. The van der Waals surface area contributed by atoms with Crippen molar-refractivity contribution in [3.63, 3.8) is 0 Å². The molecule has 4 heterocycles. The van der Waals surface area contributed by atoms with Gasteiger partial charge in [0, 0.05) is 19.3 Å². The number of hydrogen-bond acceptors (Lipinski definition) is 20. The first-order valence-corrected chi connectivity index (χ1v) is 18.8. The molecule has 16 atom stereocenters. The molecule has 0 spiro atoms. The van der Waals surface area contributed by atoms with Crippen molar-refractivity contribution in [1.82, 2.24) is 10.2 Å². The van der Waals surface area contributed by atoms with Crippen LogP contribution in [0.2, 0.25) is 0 Å². The summed E-state index contributed by atoms with van der Waals surface area (Å²) >= 11 is 0. The second-order valence-corrected chi connectivity index (χ2v) is 14.3. The number of nitrogens with one attached hydrogen (secondary N) is 1. The molecule has 4 aliphatic heterocycles. The van der Waals surface area contributed by atoms with Gasteiger partial charge in [0.15, 0.2) is 18.9 Å². The standard InChI is InChI=1S/C34H58N2O19/c1-2-3-10-35-12-16(5-4-6-20(39)36-21(40)7-8-22(36)41)9-11-50-33-30(49)31(55-34-29(48)27(46)24(43)18(14-38)53-34)25(44)19(54-33)15-51-32-28(47)26(45)23(42)17(13-37)52-32/h16-19,23-35,37-38,42-49H,2-15H2,1H3/t16?,17-,18-,19-,23-,24-,25-,26+,27+,28+,29+,30+,31+,32+,33+,34-/m1/s1. The number of aliphatic hydroxyl groups excluding tert-OH is 10. The lowest BCUT2D eigenvalue weighted by atomic mass is 9.96. The van der Waals surface area contributed by atoms with Crippen LogP contribution >= 0.6 is 0 Å². The summed E-state index contributed by atoms with van der Waals surface area (Å²) in [5, 5.41) is 107. The van der Waals surface area contributed by atoms with Crippen LogP contribution in [0.15, 0.2) is 0 Å². The minimum Gasteiger partial charge on any atom is -0.394 e. The average molecular weight is 799 g/mol. The number of likely N-dealkylation sites (tertiary alicyclic amines) is 1. The maximum absolute atomic E-state index is 12.6. The van der Waals surface area contributed by atoms with Gasteiger partial charge in [-0.25, -0.2) is 4.90 Å². The van der Waals surface area contributed by atoms with Crippen LogP contribution < -0.4 is 5.32 Å². The van der Waals surface area contributed by atoms with Crippen LogP contribution in [0.3, 0.4) is 0 Å². The van der Waals surface area contributed by atoms with Crippen LogP contribution in [-0.2, 0) is 42.8 Å². The normalized spacial score (nSPS) is 39.1. The Bertz CT molecular complexity index is 1200. The lowest BCUT2D eigenvalue weighted by molar-refractivity contribution is -0.366. The Morgan fingerprint density at radius 3 is 1.89 bits per heavy atom. The van der Waals surface area contributed by atoms with E-state index < -0.39 is 130 Å². The monoisotopic (exact) mass is 798 g/mol. The van der Waals surface area contributed by atoms with Gasteiger partial charge in [0.25, 0.3) is 0 Å². The Labute approximate surface area is 317 Å². The number of carbonyl (C=O) groups is 3. The number of amides is 3. The van der Waals surface area contributed by atoms with E-state index in [-0.39, 0.29) is 31.8 Å². The number of imide groups is 3. The number of hydrogen-bond donors (Lipinski definition) is 11. The van der Waals surface area contributed by atoms with Gasteiger partial charge >= 0.3 is 0 Å². The molecule has 11 N–H and O–H groups in total. The van der Waals surface area contributed by atoms with Crippen molar-refractivity contribution in [2.45, 2.75) is 150 Å². The average Bonchev–Trinajstić information content (AvgIpc) is 3.51. The van der Waals surface area contributed by atoms with Crippen LogP contribution in [0, 0.1) is 5.92 Å². The van der Waals surface area contributed by atoms with Crippen molar-refractivity contribution >= 4 is 17.7 Å². The Kier molecular flexibility index (Phi) is 18.1. The quantitative estimate of drug-likeness (QED) is 0.0405. The summed E-state index contributed by atoms with van der Waals surface area (Å²) in [4.78, 5) is 37.3. The van der Waals surface area contributed by atoms with E-state index in [9.17, 15) is 65.4 Å². The fourth-order valence-corrected chi connectivity index (χ4v) is 6.88. The molecule has 4 saturated heterocycles. The predicted molar refractivity (Wildman–Crippen MR) is 181 cm³/mol. The van der Waals surface area contributed by atoms with E-state index in [4.69, 9.17) is 28.4 Å². The second kappa shape index (κ2) is 21.8. The van der Waals surface area contributed by atoms with Crippen molar-refractivity contribution in [2.24, 2.45) is 5.92 Å². The zero-order valence-corrected chi connectivity index (χ0v) is 30.7. The number of ether oxygens (including phenoxy) is 6. The molecule has 0 aromatic carbocycles. The minimum atomic E-state index is -1.89. The first-order valence-electron chi connectivity index (χ1n) is 18.8. The molecule has 0 saturated carbocycles. The molecule has 21 nitrogen and oxygen atoms in total. The molecule has 4 rings (SSSR count). The number of carbonyl (C=O) groups excluding carboxylic acids is 3. The molecule has 0 aromatic rings. The summed E-state index contributed by atoms with van der Waals surface area (Å²) in [5.41, 5.74) is 0. The summed E-state index contributed by atoms with van der Waals surface area (Å²) < 4.78 is 33.9. The van der Waals surface area contributed by atoms with Crippen molar-refractivity contribution in [3.8, 4) is 0 Å². The fraction of sp³-hybridized carbons (Fsp3) is 0.912. The smallest absolute Gasteiger partial charge is 0.236 e. The van der Waals surface area contributed by atoms with Crippen molar-refractivity contribution in [1.29, 1.82) is 0 Å². The Hall–Kier alpha value is -1.87. The summed E-state index contributed by atoms with van der Waals surface area (Å²) in [6.45, 7) is 1.16. The van der Waals surface area contributed by atoms with Gasteiger partial charge in [-0.3, -0.25) is 14.4 Å². The van der Waals surface area contributed by atoms with E-state index in [2.05, 4.69) is 5.32 Å². The van der Waals surface area contributed by atoms with Gasteiger partial charge in [-0.2, -0.15) is 0 Å². The number of unbranched alkanes of at least 4 members (excludes halogenated alkanes) is 1. The minimum absolute atomic E-state index is 0.00710. The molecular weight excluding hydrogens is 740 g/mol. The zero-order chi connectivity index (χ0) is 40.4. The third kappa shape index (κ3) is 11.6. The van der Waals surface area contributed by atoms with Gasteiger partial charge in [0.05, 0.1) is 26.4 Å². The Morgan fingerprint density at radius 2 is 1.29 bits per heavy atom. The highest BCUT2D eigenvalue weighted by Crippen LogP contribution is 2.31. The molecule has 4 aliphatic rings. The Balaban J connectivity index is 1.44. The maximum Gasteiger partial charge on any atom is 0.236 e. The van der Waals surface area contributed by atoms with Gasteiger partial charge in [0.2, 0.25) is 17.7 Å². The highest BCUT2D eigenvalue weighted by atomic mass is 16.7. The molecule has 21 heteroatoms. The lowest BCUT2D eigenvalue weighted by Crippen LogP contribution is -2.65. The van der Waals surface area contributed by atoms with Crippen LogP contribution in [0.1, 0.15) is 58.3 Å². The Morgan fingerprint density at radius 1 is 0.727 bits per heavy atom. The van der Waals surface area contributed by atoms with Crippen molar-refractivity contribution < 1.29 is 93.9 Å². The van der Waals surface area contributed by atoms with E-state index in [0.29, 0.717) is 30.7 Å². The third-order valence-electron chi connectivity index (χ3n) is 10.3. The number of aliphatic hydroxyl groups is 10. The van der Waals surface area contributed by atoms with Crippen molar-refractivity contribution in [2.75, 3.05) is 39.5 Å². The molecular formula is C34H58N2O19. The van der Waals surface area contributed by atoms with Gasteiger partial charge < -0.3 is 84.8 Å². The first kappa shape index (κ1) is 45.8. The van der Waals surface area contributed by atoms with E-state index in [1.165, 1.54) is 0 Å². The third-order valence-corrected chi connectivity index (χ3v) is 10.3. The zero-order valence-electron chi connectivity index (χ0n) is 30.7. The van der Waals surface area contributed by atoms with E-state index in [1.54, 1.807) is 0 Å². The fourth-order valence-electron chi connectivity index (χ4n) is 6.88. The molecule has 3 amide bonds. The second-order valence-electron chi connectivity index (χ2n) is 14.3. The summed E-state index contributed by atoms with van der Waals surface area (Å²) in [7, 11) is 0. The van der Waals surface area contributed by atoms with Crippen LogP contribution in [0.25, 0.3) is 0 Å². The molecule has 1 unspecified atom stereocenters. The van der Waals surface area contributed by atoms with E-state index in [1.807, 2.05) is 6.92 Å². The van der Waals surface area contributed by atoms with E-state index >= 15 is 0 Å². The number of rotatable bonds is 20. The van der Waals surface area contributed by atoms with Crippen LogP contribution in [0.5, 0.6) is 0 Å². The highest BCUT2D eigenvalue weighted by Gasteiger charge is 2.52. The summed E-state index contributed by atoms with van der Waals surface area (Å²) in [5.74, 6) is -1.65. The molecule has 0 radical (unpaired) electrons. The molecule has 0 bridgehead atoms.